The van der Waals surface area contributed by atoms with Gasteiger partial charge in [-0.1, -0.05) is 30.3 Å². The normalized spacial score (nSPS) is 10.7. The van der Waals surface area contributed by atoms with Gasteiger partial charge in [0.1, 0.15) is 11.5 Å². The number of para-hydroxylation sites is 2. The van der Waals surface area contributed by atoms with Crippen LogP contribution in [0.5, 0.6) is 11.5 Å². The molecule has 6 nitrogen and oxygen atoms in total. The summed E-state index contributed by atoms with van der Waals surface area (Å²) in [6.07, 6.45) is 5.44. The van der Waals surface area contributed by atoms with Gasteiger partial charge in [-0.05, 0) is 49.2 Å². The Bertz CT molecular complexity index is 983. The predicted molar refractivity (Wildman–Crippen MR) is 117 cm³/mol. The topological polar surface area (TPSA) is 72.8 Å². The van der Waals surface area contributed by atoms with Crippen molar-refractivity contribution in [2.24, 2.45) is 5.10 Å². The van der Waals surface area contributed by atoms with Crippen molar-refractivity contribution in [2.75, 3.05) is 13.2 Å². The van der Waals surface area contributed by atoms with Crippen LogP contribution in [0.4, 0.5) is 0 Å². The van der Waals surface area contributed by atoms with E-state index in [0.29, 0.717) is 24.5 Å². The first-order chi connectivity index (χ1) is 14.6. The van der Waals surface area contributed by atoms with Crippen LogP contribution in [0.15, 0.2) is 72.1 Å². The number of carbonyl (C=O) groups is 1. The molecule has 0 bridgehead atoms. The molecule has 3 aromatic rings. The second-order valence-electron chi connectivity index (χ2n) is 6.74. The maximum atomic E-state index is 12.0. The molecule has 0 atom stereocenters. The third-order valence-electron chi connectivity index (χ3n) is 4.43. The minimum Gasteiger partial charge on any atom is -0.493 e. The molecular formula is C24H25N3O3. The van der Waals surface area contributed by atoms with Crippen molar-refractivity contribution < 1.29 is 14.3 Å². The summed E-state index contributed by atoms with van der Waals surface area (Å²) < 4.78 is 11.8. The lowest BCUT2D eigenvalue weighted by Crippen LogP contribution is -2.17. The van der Waals surface area contributed by atoms with E-state index < -0.39 is 0 Å². The number of rotatable bonds is 9. The zero-order valence-corrected chi connectivity index (χ0v) is 17.2. The Morgan fingerprint density at radius 2 is 1.67 bits per heavy atom. The van der Waals surface area contributed by atoms with E-state index in [1.165, 1.54) is 0 Å². The maximum Gasteiger partial charge on any atom is 0.271 e. The fourth-order valence-corrected chi connectivity index (χ4v) is 2.89. The van der Waals surface area contributed by atoms with Gasteiger partial charge >= 0.3 is 0 Å². The highest BCUT2D eigenvalue weighted by Crippen LogP contribution is 2.22. The van der Waals surface area contributed by atoms with Crippen LogP contribution in [-0.2, 0) is 0 Å². The predicted octanol–water partition coefficient (Wildman–Crippen LogP) is 4.31. The number of hydrazone groups is 1. The number of pyridine rings is 1. The number of hydrogen-bond donors (Lipinski definition) is 1. The van der Waals surface area contributed by atoms with Gasteiger partial charge in [0.05, 0.1) is 19.4 Å². The fourth-order valence-electron chi connectivity index (χ4n) is 2.89. The molecule has 0 aliphatic carbocycles. The summed E-state index contributed by atoms with van der Waals surface area (Å²) in [5.41, 5.74) is 6.05. The molecule has 1 amide bonds. The van der Waals surface area contributed by atoms with Gasteiger partial charge in [-0.25, -0.2) is 5.43 Å². The number of nitrogens with one attached hydrogen (secondary N) is 1. The molecule has 1 aromatic heterocycles. The molecule has 0 saturated carbocycles. The van der Waals surface area contributed by atoms with Gasteiger partial charge in [-0.3, -0.25) is 9.78 Å². The Labute approximate surface area is 176 Å². The summed E-state index contributed by atoms with van der Waals surface area (Å²) in [5.74, 6) is 1.34. The Kier molecular flexibility index (Phi) is 7.55. The second-order valence-corrected chi connectivity index (χ2v) is 6.74. The Hall–Kier alpha value is -3.67. The highest BCUT2D eigenvalue weighted by atomic mass is 16.5. The third-order valence-corrected chi connectivity index (χ3v) is 4.43. The molecule has 0 fully saturated rings. The molecule has 3 rings (SSSR count). The first-order valence-corrected chi connectivity index (χ1v) is 9.79. The Morgan fingerprint density at radius 3 is 2.43 bits per heavy atom. The first kappa shape index (κ1) is 21.0. The zero-order valence-electron chi connectivity index (χ0n) is 17.2. The van der Waals surface area contributed by atoms with E-state index in [2.05, 4.69) is 15.5 Å². The first-order valence-electron chi connectivity index (χ1n) is 9.79. The Morgan fingerprint density at radius 1 is 0.967 bits per heavy atom. The van der Waals surface area contributed by atoms with Gasteiger partial charge in [-0.2, -0.15) is 5.10 Å². The highest BCUT2D eigenvalue weighted by Gasteiger charge is 2.05. The lowest BCUT2D eigenvalue weighted by molar-refractivity contribution is 0.0955. The smallest absolute Gasteiger partial charge is 0.271 e. The van der Waals surface area contributed by atoms with Crippen LogP contribution < -0.4 is 14.9 Å². The summed E-state index contributed by atoms with van der Waals surface area (Å²) in [7, 11) is 0. The quantitative estimate of drug-likeness (QED) is 0.328. The van der Waals surface area contributed by atoms with Crippen LogP contribution in [0.2, 0.25) is 0 Å². The molecule has 1 heterocycles. The van der Waals surface area contributed by atoms with Crippen molar-refractivity contribution in [1.29, 1.82) is 0 Å². The van der Waals surface area contributed by atoms with E-state index in [1.54, 1.807) is 30.7 Å². The van der Waals surface area contributed by atoms with Crippen molar-refractivity contribution in [3.05, 3.63) is 89.2 Å². The van der Waals surface area contributed by atoms with Crippen LogP contribution in [-0.4, -0.2) is 30.3 Å². The number of hydrogen-bond acceptors (Lipinski definition) is 5. The van der Waals surface area contributed by atoms with E-state index in [-0.39, 0.29) is 5.91 Å². The summed E-state index contributed by atoms with van der Waals surface area (Å²) in [4.78, 5) is 15.9. The molecule has 1 N–H and O–H groups in total. The van der Waals surface area contributed by atoms with Crippen molar-refractivity contribution >= 4 is 12.1 Å². The molecule has 0 aliphatic heterocycles. The van der Waals surface area contributed by atoms with Crippen molar-refractivity contribution in [2.45, 2.75) is 20.3 Å². The highest BCUT2D eigenvalue weighted by molar-refractivity contribution is 5.94. The number of amides is 1. The molecule has 30 heavy (non-hydrogen) atoms. The average Bonchev–Trinajstić information content (AvgIpc) is 2.77. The summed E-state index contributed by atoms with van der Waals surface area (Å²) in [6, 6.07) is 16.9. The van der Waals surface area contributed by atoms with E-state index in [9.17, 15) is 4.79 Å². The fraction of sp³-hybridized carbons (Fsp3) is 0.208. The molecular weight excluding hydrogens is 378 g/mol. The largest absolute Gasteiger partial charge is 0.493 e. The van der Waals surface area contributed by atoms with Gasteiger partial charge in [0, 0.05) is 29.9 Å². The van der Waals surface area contributed by atoms with Crippen LogP contribution in [0.1, 0.15) is 33.5 Å². The zero-order chi connectivity index (χ0) is 21.2. The molecule has 0 radical (unpaired) electrons. The monoisotopic (exact) mass is 403 g/mol. The summed E-state index contributed by atoms with van der Waals surface area (Å²) in [6.45, 7) is 5.17. The number of nitrogens with zero attached hydrogens (tertiary/aromatic N) is 2. The lowest BCUT2D eigenvalue weighted by atomic mass is 10.1. The maximum absolute atomic E-state index is 12.0. The summed E-state index contributed by atoms with van der Waals surface area (Å²) >= 11 is 0. The number of carbonyl (C=O) groups excluding carboxylic acids is 1. The van der Waals surface area contributed by atoms with Gasteiger partial charge < -0.3 is 9.47 Å². The minimum absolute atomic E-state index is 0.296. The molecule has 0 saturated heterocycles. The number of aryl methyl sites for hydroxylation is 2. The van der Waals surface area contributed by atoms with Crippen molar-refractivity contribution in [3.8, 4) is 11.5 Å². The van der Waals surface area contributed by atoms with E-state index in [1.807, 2.05) is 56.3 Å². The minimum atomic E-state index is -0.296. The standard InChI is InChI=1S/C24H25N3O3/c1-18-7-5-8-19(2)23(18)30-16-6-15-29-22-10-4-3-9-21(22)17-26-27-24(28)20-11-13-25-14-12-20/h3-5,7-14,17H,6,15-16H2,1-2H3,(H,27,28)/b26-17+. The molecule has 0 spiro atoms. The average molecular weight is 403 g/mol. The van der Waals surface area contributed by atoms with Crippen molar-refractivity contribution in [3.63, 3.8) is 0 Å². The van der Waals surface area contributed by atoms with Gasteiger partial charge in [0.2, 0.25) is 0 Å². The Balaban J connectivity index is 1.48. The van der Waals surface area contributed by atoms with Gasteiger partial charge in [0.25, 0.3) is 5.91 Å². The molecule has 0 unspecified atom stereocenters. The van der Waals surface area contributed by atoms with Gasteiger partial charge in [0.15, 0.2) is 0 Å². The second kappa shape index (κ2) is 10.8. The SMILES string of the molecule is Cc1cccc(C)c1OCCCOc1ccccc1/C=N/NC(=O)c1ccncc1. The summed E-state index contributed by atoms with van der Waals surface area (Å²) in [5, 5.41) is 4.03. The molecule has 0 aliphatic rings. The van der Waals surface area contributed by atoms with Crippen LogP contribution >= 0.6 is 0 Å². The lowest BCUT2D eigenvalue weighted by Gasteiger charge is -2.13. The number of aromatic nitrogens is 1. The van der Waals surface area contributed by atoms with Crippen LogP contribution in [0.3, 0.4) is 0 Å². The molecule has 2 aromatic carbocycles. The number of ether oxygens (including phenoxy) is 2. The molecule has 6 heteroatoms. The van der Waals surface area contributed by atoms with Crippen molar-refractivity contribution in [1.82, 2.24) is 10.4 Å². The number of benzene rings is 2. The van der Waals surface area contributed by atoms with Crippen LogP contribution in [0.25, 0.3) is 0 Å². The third kappa shape index (κ3) is 5.91. The van der Waals surface area contributed by atoms with Gasteiger partial charge in [-0.15, -0.1) is 0 Å². The van der Waals surface area contributed by atoms with Crippen LogP contribution in [0, 0.1) is 13.8 Å². The molecule has 154 valence electrons. The van der Waals surface area contributed by atoms with E-state index >= 15 is 0 Å². The van der Waals surface area contributed by atoms with E-state index in [4.69, 9.17) is 9.47 Å². The van der Waals surface area contributed by atoms with E-state index in [0.717, 1.165) is 28.9 Å².